The number of Topliss-reactive ketones (excluding diaryl/α,β-unsaturated/α-hetero) is 2. The van der Waals surface area contributed by atoms with Gasteiger partial charge in [-0.05, 0) is 95.8 Å². The molecule has 40 heteroatoms. The van der Waals surface area contributed by atoms with Crippen LogP contribution in [0, 0.1) is 0 Å². The molecule has 2 aliphatic rings. The van der Waals surface area contributed by atoms with Gasteiger partial charge in [-0.25, -0.2) is 0 Å². The maximum absolute atomic E-state index is 13.9. The van der Waals surface area contributed by atoms with Gasteiger partial charge >= 0.3 is 10.6 Å². The maximum Gasteiger partial charge on any atom is 0.425 e. The number of aromatic nitrogens is 5. The highest BCUT2D eigenvalue weighted by molar-refractivity contribution is 7.99. The van der Waals surface area contributed by atoms with Gasteiger partial charge in [0, 0.05) is 64.5 Å². The van der Waals surface area contributed by atoms with Crippen molar-refractivity contribution in [3.8, 4) is 11.5 Å². The Morgan fingerprint density at radius 2 is 0.951 bits per heavy atom. The summed E-state index contributed by atoms with van der Waals surface area (Å²) in [7, 11) is -9.55. The summed E-state index contributed by atoms with van der Waals surface area (Å²) in [6.45, 7) is 17.8. The molecule has 2 aliphatic heterocycles. The van der Waals surface area contributed by atoms with Crippen LogP contribution in [-0.4, -0.2) is 186 Å². The summed E-state index contributed by atoms with van der Waals surface area (Å²) >= 11 is 3.42. The van der Waals surface area contributed by atoms with E-state index < -0.39 is 64.0 Å². The lowest BCUT2D eigenvalue weighted by Gasteiger charge is -2.27. The molecular weight excluding hydrogens is 1460 g/mol. The first-order valence-corrected chi connectivity index (χ1v) is 38.1. The highest BCUT2D eigenvalue weighted by atomic mass is 32.2. The van der Waals surface area contributed by atoms with E-state index in [0.29, 0.717) is 145 Å². The van der Waals surface area contributed by atoms with Crippen LogP contribution in [0.5, 0.6) is 11.5 Å². The molecule has 2 amide bonds. The third-order valence-electron chi connectivity index (χ3n) is 15.2. The predicted molar refractivity (Wildman–Crippen MR) is 391 cm³/mol. The first-order chi connectivity index (χ1) is 49.2. The van der Waals surface area contributed by atoms with E-state index >= 15 is 0 Å². The van der Waals surface area contributed by atoms with E-state index in [-0.39, 0.29) is 56.1 Å². The summed E-state index contributed by atoms with van der Waals surface area (Å²) < 4.78 is 117. The van der Waals surface area contributed by atoms with Crippen molar-refractivity contribution in [2.75, 3.05) is 140 Å². The second-order valence-corrected chi connectivity index (χ2v) is 28.1. The van der Waals surface area contributed by atoms with Crippen molar-refractivity contribution >= 4 is 180 Å². The summed E-state index contributed by atoms with van der Waals surface area (Å²) in [4.78, 5) is 86.1. The predicted octanol–water partition coefficient (Wildman–Crippen LogP) is 10.3. The molecule has 2 fully saturated rings. The quantitative estimate of drug-likeness (QED) is 0.00608. The van der Waals surface area contributed by atoms with Crippen LogP contribution in [-0.2, 0) is 59.5 Å². The number of ketones is 2. The van der Waals surface area contributed by atoms with Crippen LogP contribution in [0.3, 0.4) is 0 Å². The third-order valence-corrected chi connectivity index (χ3v) is 19.5. The second-order valence-electron chi connectivity index (χ2n) is 21.6. The highest BCUT2D eigenvalue weighted by Crippen LogP contribution is 2.45. The van der Waals surface area contributed by atoms with Gasteiger partial charge in [-0.3, -0.25) is 28.3 Å². The third kappa shape index (κ3) is 21.0. The molecule has 4 aromatic carbocycles. The zero-order valence-electron chi connectivity index (χ0n) is 57.1. The van der Waals surface area contributed by atoms with Gasteiger partial charge in [-0.2, -0.15) is 41.8 Å². The summed E-state index contributed by atoms with van der Waals surface area (Å²) in [5.41, 5.74) is 1.52. The standard InChI is InChI=1S/C63H73N17O14S5.O3S/c1-10-77(11-2)47-33-43(45(35-49(47)91-8)73-75-62-68-55(79-23-27-93-28-24-79)51(96-62)31-39(37(6)81)57(83)64-41-19-15-17-21-53(41)98(85,86)87)66-59-70-60(72-61(71-59)95-14-5)67-44-34-48(78(12-3)13-4)50(92-9)36-46(44)74-76-63-69-56(80-25-29-94-30-26-80)52(97-63)32-40(38(7)82)58(84)65-42-20-16-18-22-54(42)99(88,89)90;1-4(2)3/h15-22,31-36H,10-14,23-30H2,1-9H3,(H,64,83)(H,65,84)(H,85,86,87)(H,88,89,90)(H2,66,67,70,71,72);/b39-31-,40-32+,75-73?,76-74?;. The molecule has 34 nitrogen and oxygen atoms in total. The molecule has 548 valence electrons. The lowest BCUT2D eigenvalue weighted by molar-refractivity contribution is -0.120. The topological polar surface area (TPSA) is 440 Å². The summed E-state index contributed by atoms with van der Waals surface area (Å²) in [5, 5.41) is 31.0. The molecule has 0 spiro atoms. The number of carbonyl (C=O) groups is 4. The first kappa shape index (κ1) is 78.9. The van der Waals surface area contributed by atoms with Gasteiger partial charge in [0.15, 0.2) is 16.7 Å². The van der Waals surface area contributed by atoms with Gasteiger partial charge in [0.25, 0.3) is 32.1 Å². The van der Waals surface area contributed by atoms with Crippen LogP contribution in [0.15, 0.2) is 119 Å². The van der Waals surface area contributed by atoms with E-state index in [1.165, 1.54) is 88.4 Å². The zero-order valence-corrected chi connectivity index (χ0v) is 62.0. The summed E-state index contributed by atoms with van der Waals surface area (Å²) in [6.07, 6.45) is 2.70. The molecule has 3 aromatic heterocycles. The molecule has 0 radical (unpaired) electrons. The van der Waals surface area contributed by atoms with E-state index in [9.17, 15) is 45.1 Å². The Kier molecular flexibility index (Phi) is 27.9. The average molecular weight is 1530 g/mol. The van der Waals surface area contributed by atoms with Crippen molar-refractivity contribution in [3.05, 3.63) is 93.7 Å². The van der Waals surface area contributed by atoms with Crippen LogP contribution >= 0.6 is 34.4 Å². The van der Waals surface area contributed by atoms with E-state index in [1.807, 2.05) is 56.6 Å². The fraction of sp³-hybridized carbons (Fsp3) is 0.349. The molecule has 0 aliphatic carbocycles. The fourth-order valence-corrected chi connectivity index (χ4v) is 13.9. The molecule has 103 heavy (non-hydrogen) atoms. The fourth-order valence-electron chi connectivity index (χ4n) is 10.3. The second kappa shape index (κ2) is 36.4. The average Bonchev–Trinajstić information content (AvgIpc) is 1.79. The van der Waals surface area contributed by atoms with E-state index in [1.54, 1.807) is 12.1 Å². The van der Waals surface area contributed by atoms with Crippen molar-refractivity contribution < 1.29 is 76.7 Å². The van der Waals surface area contributed by atoms with Crippen LogP contribution in [0.4, 0.5) is 79.3 Å². The molecule has 0 bridgehead atoms. The molecule has 0 atom stereocenters. The minimum absolute atomic E-state index is 0.0852. The maximum atomic E-state index is 13.9. The SMILES string of the molecule is CCSc1nc(Nc2cc(N(CC)CC)c(OC)cc2N=Nc2nc(N3CCOCC3)c(/C=C(/C(C)=O)C(=O)Nc3ccccc3S(=O)(=O)O)s2)nc(Nc2cc(N(CC)CC)c(OC)cc2N=Nc2nc(N3CCOCC3)c(/C=C(\C(C)=O)C(=O)Nc3ccccc3S(=O)(=O)O)s2)n1.O=S(=O)=O. The number of thiazole rings is 2. The Bertz CT molecular complexity index is 4480. The Morgan fingerprint density at radius 1 is 0.583 bits per heavy atom. The van der Waals surface area contributed by atoms with E-state index in [0.717, 1.165) is 34.8 Å². The molecule has 5 heterocycles. The number of thioether (sulfide) groups is 1. The van der Waals surface area contributed by atoms with Gasteiger partial charge in [-0.1, -0.05) is 65.6 Å². The molecular formula is C63H73N17O17S6. The number of nitrogens with one attached hydrogen (secondary N) is 4. The number of hydrogen-bond donors (Lipinski definition) is 6. The minimum atomic E-state index is -4.76. The molecule has 0 saturated carbocycles. The van der Waals surface area contributed by atoms with Gasteiger partial charge in [0.1, 0.15) is 44.3 Å². The number of carbonyl (C=O) groups excluding carboxylic acids is 4. The van der Waals surface area contributed by atoms with Crippen molar-refractivity contribution in [3.63, 3.8) is 0 Å². The van der Waals surface area contributed by atoms with Gasteiger partial charge < -0.3 is 59.8 Å². The number of nitrogens with zero attached hydrogens (tertiary/aromatic N) is 13. The Hall–Kier alpha value is -9.78. The first-order valence-electron chi connectivity index (χ1n) is 31.6. The number of benzene rings is 4. The molecule has 9 rings (SSSR count). The zero-order chi connectivity index (χ0) is 74.7. The van der Waals surface area contributed by atoms with Crippen LogP contribution in [0.25, 0.3) is 12.2 Å². The van der Waals surface area contributed by atoms with Gasteiger partial charge in [-0.15, -0.1) is 33.1 Å². The number of methoxy groups -OCH3 is 2. The highest BCUT2D eigenvalue weighted by Gasteiger charge is 2.28. The number of morpholine rings is 2. The Morgan fingerprint density at radius 3 is 1.28 bits per heavy atom. The van der Waals surface area contributed by atoms with Crippen LogP contribution in [0.1, 0.15) is 58.2 Å². The van der Waals surface area contributed by atoms with Crippen LogP contribution in [0.2, 0.25) is 0 Å². The number of hydrogen-bond acceptors (Lipinski definition) is 33. The van der Waals surface area contributed by atoms with E-state index in [2.05, 4.69) is 41.3 Å². The number of azo groups is 2. The normalized spacial score (nSPS) is 13.7. The lowest BCUT2D eigenvalue weighted by atomic mass is 10.1. The van der Waals surface area contributed by atoms with E-state index in [4.69, 9.17) is 66.7 Å². The molecule has 6 N–H and O–H groups in total. The molecule has 0 unspecified atom stereocenters. The minimum Gasteiger partial charge on any atom is -0.494 e. The largest absolute Gasteiger partial charge is 0.494 e. The van der Waals surface area contributed by atoms with Crippen molar-refractivity contribution in [2.24, 2.45) is 20.5 Å². The lowest BCUT2D eigenvalue weighted by Crippen LogP contribution is -2.36. The van der Waals surface area contributed by atoms with Gasteiger partial charge in [0.05, 0.1) is 95.7 Å². The Labute approximate surface area is 606 Å². The molecule has 2 saturated heterocycles. The molecule has 7 aromatic rings. The van der Waals surface area contributed by atoms with Crippen LogP contribution < -0.4 is 50.3 Å². The Balaban J connectivity index is 0.00000327. The number of para-hydroxylation sites is 2. The number of rotatable bonds is 30. The summed E-state index contributed by atoms with van der Waals surface area (Å²) in [5.74, 6) is -0.746. The van der Waals surface area contributed by atoms with Crippen molar-refractivity contribution in [2.45, 2.75) is 63.4 Å². The summed E-state index contributed by atoms with van der Waals surface area (Å²) in [6, 6.07) is 17.5. The monoisotopic (exact) mass is 1530 g/mol. The van der Waals surface area contributed by atoms with Crippen molar-refractivity contribution in [1.82, 2.24) is 24.9 Å². The van der Waals surface area contributed by atoms with Crippen molar-refractivity contribution in [1.29, 1.82) is 0 Å². The number of amides is 2. The smallest absolute Gasteiger partial charge is 0.425 e. The number of ether oxygens (including phenoxy) is 4. The van der Waals surface area contributed by atoms with Gasteiger partial charge in [0.2, 0.25) is 22.2 Å². The number of anilines is 10.